The highest BCUT2D eigenvalue weighted by Crippen LogP contribution is 2.27. The summed E-state index contributed by atoms with van der Waals surface area (Å²) >= 11 is 5.87. The molecule has 0 aliphatic carbocycles. The van der Waals surface area contributed by atoms with Crippen molar-refractivity contribution in [2.24, 2.45) is 7.05 Å². The summed E-state index contributed by atoms with van der Waals surface area (Å²) < 4.78 is 1.17. The smallest absolute Gasteiger partial charge is 0.357 e. The topological polar surface area (TPSA) is 127 Å². The number of nitrogens with one attached hydrogen (secondary N) is 1. The molecule has 114 valence electrons. The first-order chi connectivity index (χ1) is 10.3. The third-order valence-electron chi connectivity index (χ3n) is 2.68. The molecule has 0 fully saturated rings. The quantitative estimate of drug-likeness (QED) is 0.653. The van der Waals surface area contributed by atoms with Crippen LogP contribution >= 0.6 is 11.6 Å². The molecule has 0 saturated carbocycles. The lowest BCUT2D eigenvalue weighted by atomic mass is 10.2. The Balaban J connectivity index is 2.35. The molecule has 2 aromatic rings. The molecular formula is C12H9ClN4O5. The van der Waals surface area contributed by atoms with E-state index in [9.17, 15) is 19.7 Å². The van der Waals surface area contributed by atoms with Crippen molar-refractivity contribution in [1.29, 1.82) is 0 Å². The zero-order chi connectivity index (χ0) is 16.4. The highest BCUT2D eigenvalue weighted by molar-refractivity contribution is 6.34. The average molecular weight is 325 g/mol. The van der Waals surface area contributed by atoms with Gasteiger partial charge in [0.2, 0.25) is 0 Å². The summed E-state index contributed by atoms with van der Waals surface area (Å²) in [6, 6.07) is 3.53. The van der Waals surface area contributed by atoms with Crippen molar-refractivity contribution in [3.05, 3.63) is 50.8 Å². The monoisotopic (exact) mass is 324 g/mol. The van der Waals surface area contributed by atoms with Gasteiger partial charge in [0.25, 0.3) is 11.6 Å². The van der Waals surface area contributed by atoms with Crippen LogP contribution in [0, 0.1) is 10.1 Å². The number of nitro benzene ring substituents is 1. The van der Waals surface area contributed by atoms with Gasteiger partial charge in [-0.25, -0.2) is 4.79 Å². The van der Waals surface area contributed by atoms with E-state index in [1.54, 1.807) is 0 Å². The average Bonchev–Trinajstić information content (AvgIpc) is 2.83. The van der Waals surface area contributed by atoms with Crippen molar-refractivity contribution in [3.8, 4) is 0 Å². The molecule has 2 rings (SSSR count). The minimum absolute atomic E-state index is 0.000980. The predicted octanol–water partition coefficient (Wildman–Crippen LogP) is 1.93. The largest absolute Gasteiger partial charge is 0.476 e. The van der Waals surface area contributed by atoms with Crippen LogP contribution < -0.4 is 5.32 Å². The maximum Gasteiger partial charge on any atom is 0.357 e. The van der Waals surface area contributed by atoms with Crippen molar-refractivity contribution in [1.82, 2.24) is 9.78 Å². The molecule has 1 amide bonds. The lowest BCUT2D eigenvalue weighted by molar-refractivity contribution is -0.384. The van der Waals surface area contributed by atoms with Gasteiger partial charge in [-0.2, -0.15) is 5.10 Å². The zero-order valence-corrected chi connectivity index (χ0v) is 11.9. The Morgan fingerprint density at radius 3 is 2.73 bits per heavy atom. The molecule has 1 heterocycles. The Kier molecular flexibility index (Phi) is 4.08. The van der Waals surface area contributed by atoms with E-state index in [2.05, 4.69) is 10.4 Å². The Bertz CT molecular complexity index is 786. The Morgan fingerprint density at radius 2 is 2.14 bits per heavy atom. The van der Waals surface area contributed by atoms with Crippen LogP contribution in [0.15, 0.2) is 24.4 Å². The number of amides is 1. The number of carboxylic acids is 1. The number of halogens is 1. The van der Waals surface area contributed by atoms with E-state index in [1.165, 1.54) is 30.1 Å². The van der Waals surface area contributed by atoms with Crippen molar-refractivity contribution in [3.63, 3.8) is 0 Å². The molecule has 0 bridgehead atoms. The minimum atomic E-state index is -1.36. The fourth-order valence-corrected chi connectivity index (χ4v) is 1.89. The van der Waals surface area contributed by atoms with Gasteiger partial charge in [0.1, 0.15) is 0 Å². The van der Waals surface area contributed by atoms with Crippen LogP contribution in [0.3, 0.4) is 0 Å². The van der Waals surface area contributed by atoms with Crippen LogP contribution in [-0.4, -0.2) is 31.7 Å². The molecule has 0 aliphatic heterocycles. The molecule has 0 saturated heterocycles. The van der Waals surface area contributed by atoms with Crippen molar-refractivity contribution < 1.29 is 19.6 Å². The first-order valence-corrected chi connectivity index (χ1v) is 6.19. The summed E-state index contributed by atoms with van der Waals surface area (Å²) in [4.78, 5) is 33.2. The van der Waals surface area contributed by atoms with Crippen molar-refractivity contribution in [2.45, 2.75) is 0 Å². The maximum atomic E-state index is 12.1. The second kappa shape index (κ2) is 5.82. The number of nitrogens with zero attached hydrogens (tertiary/aromatic N) is 3. The number of rotatable bonds is 4. The molecule has 0 radical (unpaired) electrons. The molecule has 0 atom stereocenters. The van der Waals surface area contributed by atoms with Gasteiger partial charge in [-0.05, 0) is 6.07 Å². The predicted molar refractivity (Wildman–Crippen MR) is 76.2 cm³/mol. The number of anilines is 1. The summed E-state index contributed by atoms with van der Waals surface area (Å²) in [6.07, 6.45) is 1.23. The third kappa shape index (κ3) is 3.04. The molecular weight excluding hydrogens is 316 g/mol. The summed E-state index contributed by atoms with van der Waals surface area (Å²) in [7, 11) is 1.46. The van der Waals surface area contributed by atoms with Gasteiger partial charge in [0, 0.05) is 25.4 Å². The van der Waals surface area contributed by atoms with Crippen LogP contribution in [0.1, 0.15) is 20.8 Å². The number of benzene rings is 1. The number of non-ortho nitro benzene ring substituents is 1. The summed E-state index contributed by atoms with van der Waals surface area (Å²) in [5.41, 5.74) is -0.871. The lowest BCUT2D eigenvalue weighted by Crippen LogP contribution is -2.15. The number of hydrogen-bond donors (Lipinski definition) is 2. The van der Waals surface area contributed by atoms with Gasteiger partial charge < -0.3 is 10.4 Å². The van der Waals surface area contributed by atoms with Crippen molar-refractivity contribution in [2.75, 3.05) is 5.32 Å². The van der Waals surface area contributed by atoms with Gasteiger partial charge in [0.05, 0.1) is 21.2 Å². The van der Waals surface area contributed by atoms with Gasteiger partial charge in [-0.3, -0.25) is 19.6 Å². The van der Waals surface area contributed by atoms with Crippen LogP contribution in [0.25, 0.3) is 0 Å². The van der Waals surface area contributed by atoms with Crippen molar-refractivity contribution >= 4 is 34.9 Å². The minimum Gasteiger partial charge on any atom is -0.476 e. The molecule has 0 aliphatic rings. The lowest BCUT2D eigenvalue weighted by Gasteiger charge is -2.06. The molecule has 0 spiro atoms. The zero-order valence-electron chi connectivity index (χ0n) is 11.1. The molecule has 10 heteroatoms. The SMILES string of the molecule is Cn1cc(C(=O)Nc2cc([N+](=O)[O-])ccc2Cl)c(C(=O)O)n1. The molecule has 1 aromatic heterocycles. The fourth-order valence-electron chi connectivity index (χ4n) is 1.72. The van der Waals surface area contributed by atoms with E-state index in [1.807, 2.05) is 0 Å². The van der Waals surface area contributed by atoms with Gasteiger partial charge >= 0.3 is 5.97 Å². The van der Waals surface area contributed by atoms with Gasteiger partial charge in [-0.1, -0.05) is 11.6 Å². The van der Waals surface area contributed by atoms with E-state index < -0.39 is 22.5 Å². The molecule has 9 nitrogen and oxygen atoms in total. The normalized spacial score (nSPS) is 10.3. The van der Waals surface area contributed by atoms with Crippen LogP contribution in [0.5, 0.6) is 0 Å². The number of hydrogen-bond acceptors (Lipinski definition) is 5. The van der Waals surface area contributed by atoms with E-state index in [4.69, 9.17) is 16.7 Å². The Morgan fingerprint density at radius 1 is 1.45 bits per heavy atom. The molecule has 22 heavy (non-hydrogen) atoms. The number of aromatic carboxylic acids is 1. The summed E-state index contributed by atoms with van der Waals surface area (Å²) in [5.74, 6) is -2.15. The van der Waals surface area contributed by atoms with Crippen LogP contribution in [-0.2, 0) is 7.05 Å². The van der Waals surface area contributed by atoms with E-state index >= 15 is 0 Å². The van der Waals surface area contributed by atoms with Crippen LogP contribution in [0.2, 0.25) is 5.02 Å². The van der Waals surface area contributed by atoms with Gasteiger partial charge in [0.15, 0.2) is 5.69 Å². The fraction of sp³-hybridized carbons (Fsp3) is 0.0833. The number of aromatic nitrogens is 2. The second-order valence-electron chi connectivity index (χ2n) is 4.25. The van der Waals surface area contributed by atoms with E-state index in [0.717, 1.165) is 6.07 Å². The summed E-state index contributed by atoms with van der Waals surface area (Å²) in [6.45, 7) is 0. The number of carbonyl (C=O) groups is 2. The molecule has 1 aromatic carbocycles. The van der Waals surface area contributed by atoms with Gasteiger partial charge in [-0.15, -0.1) is 0 Å². The third-order valence-corrected chi connectivity index (χ3v) is 3.01. The Hall–Kier alpha value is -2.94. The molecule has 0 unspecified atom stereocenters. The van der Waals surface area contributed by atoms with E-state index in [-0.39, 0.29) is 22.0 Å². The highest BCUT2D eigenvalue weighted by Gasteiger charge is 2.22. The first-order valence-electron chi connectivity index (χ1n) is 5.82. The maximum absolute atomic E-state index is 12.1. The first kappa shape index (κ1) is 15.4. The highest BCUT2D eigenvalue weighted by atomic mass is 35.5. The number of carbonyl (C=O) groups excluding carboxylic acids is 1. The Labute approximate surface area is 128 Å². The second-order valence-corrected chi connectivity index (χ2v) is 4.65. The summed E-state index contributed by atoms with van der Waals surface area (Å²) in [5, 5.41) is 25.8. The van der Waals surface area contributed by atoms with E-state index in [0.29, 0.717) is 0 Å². The van der Waals surface area contributed by atoms with Crippen LogP contribution in [0.4, 0.5) is 11.4 Å². The molecule has 2 N–H and O–H groups in total. The number of carboxylic acid groups (broad SMARTS) is 1. The standard InChI is InChI=1S/C12H9ClN4O5/c1-16-5-7(10(15-16)12(19)20)11(18)14-9-4-6(17(21)22)2-3-8(9)13/h2-5H,1H3,(H,14,18)(H,19,20). The number of nitro groups is 1. The number of aryl methyl sites for hydroxylation is 1.